The van der Waals surface area contributed by atoms with Crippen LogP contribution in [0.3, 0.4) is 0 Å². The Morgan fingerprint density at radius 1 is 0.944 bits per heavy atom. The molecule has 0 aliphatic carbocycles. The van der Waals surface area contributed by atoms with Crippen molar-refractivity contribution in [2.24, 2.45) is 0 Å². The lowest BCUT2D eigenvalue weighted by atomic mass is 10.0. The molecule has 94 valence electrons. The summed E-state index contributed by atoms with van der Waals surface area (Å²) >= 11 is 9.70. The number of benzene rings is 2. The smallest absolute Gasteiger partial charge is 0.142 e. The molecule has 0 aliphatic heterocycles. The second-order valence-corrected chi connectivity index (χ2v) is 6.30. The summed E-state index contributed by atoms with van der Waals surface area (Å²) in [7, 11) is 0. The highest BCUT2D eigenvalue weighted by atomic mass is 79.9. The van der Waals surface area contributed by atoms with E-state index in [1.54, 1.807) is 30.3 Å². The first-order valence-electron chi connectivity index (χ1n) is 5.03. The van der Waals surface area contributed by atoms with E-state index in [1.165, 1.54) is 6.07 Å². The molecule has 0 heterocycles. The number of hydrogen-bond donors (Lipinski definition) is 0. The Morgan fingerprint density at radius 3 is 2.33 bits per heavy atom. The van der Waals surface area contributed by atoms with Gasteiger partial charge in [-0.15, -0.1) is 0 Å². The summed E-state index contributed by atoms with van der Waals surface area (Å²) in [4.78, 5) is -0.327. The first-order valence-corrected chi connectivity index (χ1v) is 7.54. The molecule has 0 radical (unpaired) electrons. The van der Waals surface area contributed by atoms with Crippen LogP contribution in [-0.4, -0.2) is 0 Å². The second-order valence-electron chi connectivity index (χ2n) is 3.68. The first-order chi connectivity index (χ1) is 8.50. The maximum atomic E-state index is 14.0. The fraction of sp³-hybridized carbons (Fsp3) is 0.0769. The molecule has 0 nitrogen and oxygen atoms in total. The van der Waals surface area contributed by atoms with Crippen LogP contribution >= 0.6 is 47.8 Å². The van der Waals surface area contributed by atoms with Gasteiger partial charge in [0.1, 0.15) is 11.6 Å². The van der Waals surface area contributed by atoms with Crippen molar-refractivity contribution in [1.82, 2.24) is 0 Å². The number of alkyl halides is 1. The van der Waals surface area contributed by atoms with E-state index in [-0.39, 0.29) is 16.5 Å². The monoisotopic (exact) mass is 438 g/mol. The van der Waals surface area contributed by atoms with Gasteiger partial charge in [-0.05, 0) is 55.6 Å². The highest BCUT2D eigenvalue weighted by molar-refractivity contribution is 9.11. The van der Waals surface area contributed by atoms with Crippen molar-refractivity contribution in [3.63, 3.8) is 0 Å². The van der Waals surface area contributed by atoms with Crippen LogP contribution in [0.4, 0.5) is 8.78 Å². The SMILES string of the molecule is Fc1ccc(C(Br)c2cccc(Br)c2F)cc1Br. The molecule has 0 saturated carbocycles. The Labute approximate surface area is 129 Å². The summed E-state index contributed by atoms with van der Waals surface area (Å²) in [6.07, 6.45) is 0. The van der Waals surface area contributed by atoms with Gasteiger partial charge in [-0.3, -0.25) is 0 Å². The third kappa shape index (κ3) is 2.83. The van der Waals surface area contributed by atoms with Crippen molar-refractivity contribution in [1.29, 1.82) is 0 Å². The molecule has 0 saturated heterocycles. The predicted octanol–water partition coefficient (Wildman–Crippen LogP) is 5.97. The number of halogens is 5. The molecule has 2 aromatic rings. The zero-order valence-corrected chi connectivity index (χ0v) is 13.7. The summed E-state index contributed by atoms with van der Waals surface area (Å²) in [5.41, 5.74) is 1.28. The van der Waals surface area contributed by atoms with E-state index in [4.69, 9.17) is 0 Å². The molecule has 0 bridgehead atoms. The Hall–Kier alpha value is -0.260. The molecule has 18 heavy (non-hydrogen) atoms. The molecule has 2 rings (SSSR count). The summed E-state index contributed by atoms with van der Waals surface area (Å²) in [6, 6.07) is 9.70. The first kappa shape index (κ1) is 14.2. The standard InChI is InChI=1S/C13H7Br3F2/c14-9-3-1-2-8(13(9)18)12(16)7-4-5-11(17)10(15)6-7/h1-6,12H. The van der Waals surface area contributed by atoms with E-state index in [0.717, 1.165) is 5.56 Å². The quantitative estimate of drug-likeness (QED) is 0.504. The summed E-state index contributed by atoms with van der Waals surface area (Å²) in [5.74, 6) is -0.659. The van der Waals surface area contributed by atoms with Crippen LogP contribution in [0, 0.1) is 11.6 Å². The van der Waals surface area contributed by atoms with Crippen molar-refractivity contribution >= 4 is 47.8 Å². The summed E-state index contributed by atoms with van der Waals surface area (Å²) < 4.78 is 27.9. The molecule has 1 atom stereocenters. The molecular formula is C13H7Br3F2. The van der Waals surface area contributed by atoms with Crippen LogP contribution in [0.5, 0.6) is 0 Å². The van der Waals surface area contributed by atoms with E-state index in [0.29, 0.717) is 14.5 Å². The Kier molecular flexibility index (Phi) is 4.56. The normalized spacial score (nSPS) is 12.5. The molecule has 0 fully saturated rings. The van der Waals surface area contributed by atoms with Crippen LogP contribution in [-0.2, 0) is 0 Å². The predicted molar refractivity (Wildman–Crippen MR) is 79.0 cm³/mol. The van der Waals surface area contributed by atoms with Crippen molar-refractivity contribution in [2.45, 2.75) is 4.83 Å². The van der Waals surface area contributed by atoms with E-state index in [2.05, 4.69) is 47.8 Å². The zero-order valence-electron chi connectivity index (χ0n) is 8.93. The van der Waals surface area contributed by atoms with Crippen LogP contribution in [0.1, 0.15) is 16.0 Å². The fourth-order valence-corrected chi connectivity index (χ4v) is 2.98. The lowest BCUT2D eigenvalue weighted by Crippen LogP contribution is -1.97. The van der Waals surface area contributed by atoms with Gasteiger partial charge in [0, 0.05) is 5.56 Å². The third-order valence-corrected chi connectivity index (χ3v) is 4.73. The largest absolute Gasteiger partial charge is 0.206 e. The molecule has 0 amide bonds. The second kappa shape index (κ2) is 5.80. The van der Waals surface area contributed by atoms with Gasteiger partial charge in [0.2, 0.25) is 0 Å². The van der Waals surface area contributed by atoms with Crippen LogP contribution in [0.25, 0.3) is 0 Å². The maximum Gasteiger partial charge on any atom is 0.142 e. The van der Waals surface area contributed by atoms with Gasteiger partial charge in [-0.25, -0.2) is 8.78 Å². The van der Waals surface area contributed by atoms with Crippen molar-refractivity contribution in [3.05, 3.63) is 68.1 Å². The van der Waals surface area contributed by atoms with Gasteiger partial charge < -0.3 is 0 Å². The van der Waals surface area contributed by atoms with Gasteiger partial charge in [0.05, 0.1) is 13.8 Å². The van der Waals surface area contributed by atoms with Crippen LogP contribution in [0.2, 0.25) is 0 Å². The highest BCUT2D eigenvalue weighted by Gasteiger charge is 2.17. The minimum atomic E-state index is -0.340. The lowest BCUT2D eigenvalue weighted by molar-refractivity contribution is 0.606. The summed E-state index contributed by atoms with van der Waals surface area (Å²) in [6.45, 7) is 0. The van der Waals surface area contributed by atoms with E-state index >= 15 is 0 Å². The number of hydrogen-bond acceptors (Lipinski definition) is 0. The maximum absolute atomic E-state index is 14.0. The average Bonchev–Trinajstić information content (AvgIpc) is 2.35. The van der Waals surface area contributed by atoms with Gasteiger partial charge in [0.15, 0.2) is 0 Å². The minimum Gasteiger partial charge on any atom is -0.206 e. The topological polar surface area (TPSA) is 0 Å². The molecule has 0 spiro atoms. The van der Waals surface area contributed by atoms with Crippen molar-refractivity contribution in [2.75, 3.05) is 0 Å². The molecule has 2 aromatic carbocycles. The molecule has 1 unspecified atom stereocenters. The van der Waals surface area contributed by atoms with Crippen LogP contribution in [0.15, 0.2) is 45.3 Å². The highest BCUT2D eigenvalue weighted by Crippen LogP contribution is 2.35. The molecule has 0 aromatic heterocycles. The van der Waals surface area contributed by atoms with E-state index < -0.39 is 0 Å². The third-order valence-electron chi connectivity index (χ3n) is 2.49. The molecular weight excluding hydrogens is 434 g/mol. The number of rotatable bonds is 2. The van der Waals surface area contributed by atoms with Gasteiger partial charge >= 0.3 is 0 Å². The Morgan fingerprint density at radius 2 is 1.67 bits per heavy atom. The Bertz CT molecular complexity index is 584. The minimum absolute atomic E-state index is 0.320. The van der Waals surface area contributed by atoms with Gasteiger partial charge in [-0.2, -0.15) is 0 Å². The molecule has 5 heteroatoms. The lowest BCUT2D eigenvalue weighted by Gasteiger charge is -2.13. The fourth-order valence-electron chi connectivity index (χ4n) is 1.57. The zero-order chi connectivity index (χ0) is 13.3. The van der Waals surface area contributed by atoms with Crippen molar-refractivity contribution in [3.8, 4) is 0 Å². The summed E-state index contributed by atoms with van der Waals surface area (Å²) in [5, 5.41) is 0. The van der Waals surface area contributed by atoms with E-state index in [9.17, 15) is 8.78 Å². The Balaban J connectivity index is 2.44. The van der Waals surface area contributed by atoms with Gasteiger partial charge in [-0.1, -0.05) is 34.1 Å². The average molecular weight is 441 g/mol. The van der Waals surface area contributed by atoms with E-state index in [1.807, 2.05) is 0 Å². The van der Waals surface area contributed by atoms with Crippen molar-refractivity contribution < 1.29 is 8.78 Å². The van der Waals surface area contributed by atoms with Crippen LogP contribution < -0.4 is 0 Å². The molecule has 0 N–H and O–H groups in total. The van der Waals surface area contributed by atoms with Gasteiger partial charge in [0.25, 0.3) is 0 Å². The molecule has 0 aliphatic rings.